The molecule has 0 N–H and O–H groups in total. The molecule has 0 aromatic heterocycles. The van der Waals surface area contributed by atoms with E-state index in [1.807, 2.05) is 48.2 Å². The third kappa shape index (κ3) is 4.11. The van der Waals surface area contributed by atoms with E-state index < -0.39 is 0 Å². The number of halogens is 2. The lowest BCUT2D eigenvalue weighted by atomic mass is 9.99. The summed E-state index contributed by atoms with van der Waals surface area (Å²) in [4.78, 5) is 15.0. The van der Waals surface area contributed by atoms with Gasteiger partial charge in [-0.3, -0.25) is 4.79 Å². The van der Waals surface area contributed by atoms with Gasteiger partial charge in [0.15, 0.2) is 0 Å². The number of ether oxygens (including phenoxy) is 1. The number of hydrogen-bond donors (Lipinski definition) is 0. The van der Waals surface area contributed by atoms with Crippen LogP contribution in [0.15, 0.2) is 57.1 Å². The molecule has 1 amide bonds. The lowest BCUT2D eigenvalue weighted by Crippen LogP contribution is -2.29. The molecule has 1 aliphatic rings. The van der Waals surface area contributed by atoms with Crippen LogP contribution < -0.4 is 4.74 Å². The number of benzene rings is 2. The molecule has 0 aliphatic carbocycles. The van der Waals surface area contributed by atoms with E-state index in [0.29, 0.717) is 16.9 Å². The maximum atomic E-state index is 13.1. The average molecular weight is 505 g/mol. The van der Waals surface area contributed by atoms with Crippen LogP contribution in [0.3, 0.4) is 0 Å². The third-order valence-corrected chi connectivity index (χ3v) is 6.03. The molecule has 1 heterocycles. The monoisotopic (exact) mass is 503 g/mol. The number of hydrogen-bond acceptors (Lipinski definition) is 2. The summed E-state index contributed by atoms with van der Waals surface area (Å²) in [7, 11) is 1.66. The summed E-state index contributed by atoms with van der Waals surface area (Å²) in [5.41, 5.74) is 4.78. The fourth-order valence-electron chi connectivity index (χ4n) is 3.29. The first-order valence-electron chi connectivity index (χ1n) is 9.16. The number of amides is 1. The summed E-state index contributed by atoms with van der Waals surface area (Å²) in [5.74, 6) is 1.06. The van der Waals surface area contributed by atoms with Crippen molar-refractivity contribution in [1.29, 1.82) is 0 Å². The molecule has 0 fully saturated rings. The highest BCUT2D eigenvalue weighted by Crippen LogP contribution is 2.44. The van der Waals surface area contributed by atoms with Gasteiger partial charge in [0, 0.05) is 22.2 Å². The quantitative estimate of drug-likeness (QED) is 0.470. The molecule has 5 heteroatoms. The third-order valence-electron chi connectivity index (χ3n) is 4.57. The lowest BCUT2D eigenvalue weighted by Gasteiger charge is -2.23. The van der Waals surface area contributed by atoms with E-state index in [2.05, 4.69) is 57.8 Å². The van der Waals surface area contributed by atoms with Gasteiger partial charge in [0.25, 0.3) is 5.91 Å². The smallest absolute Gasteiger partial charge is 0.266 e. The lowest BCUT2D eigenvalue weighted by molar-refractivity contribution is -0.123. The number of aryl methyl sites for hydroxylation is 1. The predicted molar refractivity (Wildman–Crippen MR) is 122 cm³/mol. The van der Waals surface area contributed by atoms with Crippen LogP contribution >= 0.6 is 31.9 Å². The maximum absolute atomic E-state index is 13.1. The minimum atomic E-state index is -0.0226. The van der Waals surface area contributed by atoms with Gasteiger partial charge in [-0.15, -0.1) is 0 Å². The van der Waals surface area contributed by atoms with E-state index in [1.54, 1.807) is 7.11 Å². The predicted octanol–water partition coefficient (Wildman–Crippen LogP) is 6.41. The molecule has 146 valence electrons. The Kier molecular flexibility index (Phi) is 6.46. The summed E-state index contributed by atoms with van der Waals surface area (Å²) < 4.78 is 7.16. The van der Waals surface area contributed by atoms with Crippen LogP contribution in [-0.2, 0) is 4.79 Å². The first-order chi connectivity index (χ1) is 13.3. The van der Waals surface area contributed by atoms with Gasteiger partial charge in [-0.05, 0) is 58.6 Å². The van der Waals surface area contributed by atoms with Crippen molar-refractivity contribution in [3.8, 4) is 5.75 Å². The van der Waals surface area contributed by atoms with Gasteiger partial charge in [0.05, 0.1) is 17.3 Å². The number of carbonyl (C=O) groups is 1. The highest BCUT2D eigenvalue weighted by atomic mass is 79.9. The number of methoxy groups -OCH3 is 1. The van der Waals surface area contributed by atoms with E-state index >= 15 is 0 Å². The van der Waals surface area contributed by atoms with Crippen molar-refractivity contribution >= 4 is 49.4 Å². The molecule has 1 aliphatic heterocycles. The first-order valence-corrected chi connectivity index (χ1v) is 10.7. The van der Waals surface area contributed by atoms with Crippen molar-refractivity contribution in [2.45, 2.75) is 20.8 Å². The van der Waals surface area contributed by atoms with Gasteiger partial charge in [-0.1, -0.05) is 59.6 Å². The SMILES string of the molecule is COc1ccc(C)cc1C1=C(Br)C(=O)N(CC(C)C)/C1=C\c1ccccc1Br. The Morgan fingerprint density at radius 3 is 2.50 bits per heavy atom. The summed E-state index contributed by atoms with van der Waals surface area (Å²) in [6.45, 7) is 6.91. The molecule has 0 bridgehead atoms. The number of rotatable bonds is 5. The van der Waals surface area contributed by atoms with Crippen LogP contribution in [0.4, 0.5) is 0 Å². The Labute approximate surface area is 183 Å². The molecule has 28 heavy (non-hydrogen) atoms. The van der Waals surface area contributed by atoms with Crippen LogP contribution in [0.2, 0.25) is 0 Å². The summed E-state index contributed by atoms with van der Waals surface area (Å²) >= 11 is 7.20. The van der Waals surface area contributed by atoms with Crippen molar-refractivity contribution in [2.75, 3.05) is 13.7 Å². The summed E-state index contributed by atoms with van der Waals surface area (Å²) in [6, 6.07) is 14.0. The van der Waals surface area contributed by atoms with E-state index in [1.165, 1.54) is 0 Å². The van der Waals surface area contributed by atoms with Crippen LogP contribution in [0.25, 0.3) is 11.6 Å². The molecule has 0 saturated carbocycles. The average Bonchev–Trinajstić information content (AvgIpc) is 2.87. The standard InChI is InChI=1S/C23H23Br2NO2/c1-14(2)13-26-19(12-16-7-5-6-8-18(16)24)21(22(25)23(26)27)17-11-15(3)9-10-20(17)28-4/h5-12,14H,13H2,1-4H3/b19-12-. The molecule has 3 nitrogen and oxygen atoms in total. The molecule has 0 atom stereocenters. The summed E-state index contributed by atoms with van der Waals surface area (Å²) in [6.07, 6.45) is 2.07. The van der Waals surface area contributed by atoms with Gasteiger partial charge in [0.1, 0.15) is 5.75 Å². The van der Waals surface area contributed by atoms with Gasteiger partial charge in [-0.25, -0.2) is 0 Å². The van der Waals surface area contributed by atoms with Crippen molar-refractivity contribution in [1.82, 2.24) is 4.90 Å². The van der Waals surface area contributed by atoms with Gasteiger partial charge >= 0.3 is 0 Å². The van der Waals surface area contributed by atoms with Crippen LogP contribution in [0, 0.1) is 12.8 Å². The fraction of sp³-hybridized carbons (Fsp3) is 0.261. The highest BCUT2D eigenvalue weighted by molar-refractivity contribution is 9.12. The second-order valence-electron chi connectivity index (χ2n) is 7.25. The molecule has 0 saturated heterocycles. The molecule has 0 unspecified atom stereocenters. The second-order valence-corrected chi connectivity index (χ2v) is 8.90. The van der Waals surface area contributed by atoms with E-state index in [0.717, 1.165) is 38.2 Å². The molecule has 2 aromatic carbocycles. The summed E-state index contributed by atoms with van der Waals surface area (Å²) in [5, 5.41) is 0. The highest BCUT2D eigenvalue weighted by Gasteiger charge is 2.36. The topological polar surface area (TPSA) is 29.5 Å². The zero-order chi connectivity index (χ0) is 20.4. The van der Waals surface area contributed by atoms with Crippen molar-refractivity contribution in [3.63, 3.8) is 0 Å². The fourth-order valence-corrected chi connectivity index (χ4v) is 4.32. The molecular weight excluding hydrogens is 482 g/mol. The van der Waals surface area contributed by atoms with E-state index in [4.69, 9.17) is 4.74 Å². The molecular formula is C23H23Br2NO2. The Bertz CT molecular complexity index is 976. The van der Waals surface area contributed by atoms with Crippen molar-refractivity contribution in [3.05, 3.63) is 73.8 Å². The van der Waals surface area contributed by atoms with Crippen LogP contribution in [0.1, 0.15) is 30.5 Å². The maximum Gasteiger partial charge on any atom is 0.266 e. The van der Waals surface area contributed by atoms with Gasteiger partial charge in [-0.2, -0.15) is 0 Å². The Morgan fingerprint density at radius 2 is 1.86 bits per heavy atom. The number of allylic oxidation sites excluding steroid dienone is 1. The Morgan fingerprint density at radius 1 is 1.14 bits per heavy atom. The number of nitrogens with zero attached hydrogens (tertiary/aromatic N) is 1. The number of carbonyl (C=O) groups excluding carboxylic acids is 1. The van der Waals surface area contributed by atoms with E-state index in [9.17, 15) is 4.79 Å². The van der Waals surface area contributed by atoms with Crippen molar-refractivity contribution in [2.24, 2.45) is 5.92 Å². The van der Waals surface area contributed by atoms with Crippen LogP contribution in [0.5, 0.6) is 5.75 Å². The molecule has 0 radical (unpaired) electrons. The Balaban J connectivity index is 2.25. The normalized spacial score (nSPS) is 15.9. The zero-order valence-electron chi connectivity index (χ0n) is 16.4. The van der Waals surface area contributed by atoms with Crippen LogP contribution in [-0.4, -0.2) is 24.5 Å². The first kappa shape index (κ1) is 20.9. The minimum Gasteiger partial charge on any atom is -0.496 e. The molecule has 2 aromatic rings. The van der Waals surface area contributed by atoms with Crippen molar-refractivity contribution < 1.29 is 9.53 Å². The largest absolute Gasteiger partial charge is 0.496 e. The zero-order valence-corrected chi connectivity index (χ0v) is 19.6. The van der Waals surface area contributed by atoms with Gasteiger partial charge in [0.2, 0.25) is 0 Å². The van der Waals surface area contributed by atoms with Gasteiger partial charge < -0.3 is 9.64 Å². The molecule has 3 rings (SSSR count). The minimum absolute atomic E-state index is 0.0226. The second kappa shape index (κ2) is 8.66. The molecule has 0 spiro atoms. The van der Waals surface area contributed by atoms with E-state index in [-0.39, 0.29) is 5.91 Å². The Hall–Kier alpha value is -1.85.